The van der Waals surface area contributed by atoms with Gasteiger partial charge in [-0.3, -0.25) is 4.79 Å². The lowest BCUT2D eigenvalue weighted by atomic mass is 10.1. The Morgan fingerprint density at radius 3 is 2.61 bits per heavy atom. The first kappa shape index (κ1) is 19.5. The van der Waals surface area contributed by atoms with Crippen LogP contribution >= 0.6 is 0 Å². The third kappa shape index (κ3) is 3.86. The molecule has 0 bridgehead atoms. The first-order chi connectivity index (χ1) is 13.6. The Morgan fingerprint density at radius 2 is 1.89 bits per heavy atom. The molecule has 0 unspecified atom stereocenters. The summed E-state index contributed by atoms with van der Waals surface area (Å²) in [6.45, 7) is 5.51. The zero-order chi connectivity index (χ0) is 20.1. The average Bonchev–Trinajstić information content (AvgIpc) is 2.74. The van der Waals surface area contributed by atoms with E-state index < -0.39 is 0 Å². The van der Waals surface area contributed by atoms with E-state index in [4.69, 9.17) is 9.84 Å². The molecule has 0 fully saturated rings. The quantitative estimate of drug-likeness (QED) is 0.678. The van der Waals surface area contributed by atoms with Crippen LogP contribution in [0.1, 0.15) is 13.8 Å². The highest BCUT2D eigenvalue weighted by molar-refractivity contribution is 5.67. The zero-order valence-corrected chi connectivity index (χ0v) is 16.8. The van der Waals surface area contributed by atoms with Crippen LogP contribution in [0.5, 0.6) is 5.75 Å². The van der Waals surface area contributed by atoms with E-state index in [1.807, 2.05) is 80.4 Å². The molecule has 0 radical (unpaired) electrons. The molecule has 1 N–H and O–H groups in total. The molecular formula is C22H26N4O2. The van der Waals surface area contributed by atoms with Crippen LogP contribution in [0.4, 0.5) is 11.4 Å². The van der Waals surface area contributed by atoms with E-state index in [9.17, 15) is 4.79 Å². The number of para-hydroxylation sites is 2. The van der Waals surface area contributed by atoms with Crippen LogP contribution in [0.15, 0.2) is 59.4 Å². The van der Waals surface area contributed by atoms with E-state index in [0.29, 0.717) is 17.9 Å². The number of hydrogen-bond donors (Lipinski definition) is 1. The van der Waals surface area contributed by atoms with Crippen molar-refractivity contribution < 1.29 is 4.74 Å². The third-order valence-corrected chi connectivity index (χ3v) is 4.64. The number of hydrogen-bond acceptors (Lipinski definition) is 5. The van der Waals surface area contributed by atoms with E-state index in [-0.39, 0.29) is 5.56 Å². The van der Waals surface area contributed by atoms with Crippen LogP contribution in [0.3, 0.4) is 0 Å². The number of nitrogens with zero attached hydrogens (tertiary/aromatic N) is 3. The molecule has 3 rings (SSSR count). The Labute approximate surface area is 165 Å². The van der Waals surface area contributed by atoms with Crippen LogP contribution in [0.2, 0.25) is 0 Å². The van der Waals surface area contributed by atoms with Crippen LogP contribution in [0, 0.1) is 0 Å². The van der Waals surface area contributed by atoms with Gasteiger partial charge in [-0.2, -0.15) is 9.78 Å². The number of rotatable bonds is 7. The first-order valence-electron chi connectivity index (χ1n) is 9.42. The summed E-state index contributed by atoms with van der Waals surface area (Å²) in [7, 11) is 3.54. The highest BCUT2D eigenvalue weighted by atomic mass is 16.5. The molecule has 0 aliphatic carbocycles. The molecule has 1 aromatic heterocycles. The van der Waals surface area contributed by atoms with Gasteiger partial charge in [-0.05, 0) is 44.2 Å². The van der Waals surface area contributed by atoms with Crippen LogP contribution in [-0.2, 0) is 0 Å². The second kappa shape index (κ2) is 8.61. The number of nitrogens with one attached hydrogen (secondary N) is 1. The van der Waals surface area contributed by atoms with Crippen LogP contribution in [-0.4, -0.2) is 37.0 Å². The normalized spacial score (nSPS) is 10.6. The second-order valence-corrected chi connectivity index (χ2v) is 6.43. The van der Waals surface area contributed by atoms with Gasteiger partial charge in [-0.25, -0.2) is 0 Å². The Kier molecular flexibility index (Phi) is 5.99. The number of methoxy groups -OCH3 is 1. The monoisotopic (exact) mass is 378 g/mol. The minimum Gasteiger partial charge on any atom is -0.497 e. The zero-order valence-electron chi connectivity index (χ0n) is 16.8. The largest absolute Gasteiger partial charge is 0.497 e. The number of ether oxygens (including phenoxy) is 1. The molecule has 6 nitrogen and oxygen atoms in total. The van der Waals surface area contributed by atoms with Gasteiger partial charge in [0.05, 0.1) is 24.2 Å². The predicted octanol–water partition coefficient (Wildman–Crippen LogP) is 3.80. The van der Waals surface area contributed by atoms with Crippen molar-refractivity contribution in [2.45, 2.75) is 13.8 Å². The van der Waals surface area contributed by atoms with Crippen molar-refractivity contribution in [2.75, 3.05) is 37.5 Å². The maximum absolute atomic E-state index is 13.2. The van der Waals surface area contributed by atoms with Crippen molar-refractivity contribution in [2.24, 2.45) is 0 Å². The van der Waals surface area contributed by atoms with Gasteiger partial charge in [0, 0.05) is 25.7 Å². The summed E-state index contributed by atoms with van der Waals surface area (Å²) in [5.74, 6) is 0.746. The fourth-order valence-corrected chi connectivity index (χ4v) is 3.01. The maximum atomic E-state index is 13.2. The van der Waals surface area contributed by atoms with Crippen molar-refractivity contribution in [1.82, 2.24) is 9.78 Å². The molecule has 146 valence electrons. The number of anilines is 2. The summed E-state index contributed by atoms with van der Waals surface area (Å²) < 4.78 is 6.83. The number of aromatic nitrogens is 2. The van der Waals surface area contributed by atoms with Crippen molar-refractivity contribution in [1.29, 1.82) is 0 Å². The minimum atomic E-state index is -0.152. The molecule has 0 saturated heterocycles. The highest BCUT2D eigenvalue weighted by Gasteiger charge is 2.16. The second-order valence-electron chi connectivity index (χ2n) is 6.43. The average molecular weight is 378 g/mol. The molecule has 0 aliphatic heterocycles. The lowest BCUT2D eigenvalue weighted by molar-refractivity contribution is 0.415. The van der Waals surface area contributed by atoms with Crippen molar-refractivity contribution >= 4 is 11.4 Å². The van der Waals surface area contributed by atoms with Crippen molar-refractivity contribution in [3.63, 3.8) is 0 Å². The minimum absolute atomic E-state index is 0.152. The summed E-state index contributed by atoms with van der Waals surface area (Å²) >= 11 is 0. The van der Waals surface area contributed by atoms with Gasteiger partial charge in [0.25, 0.3) is 5.56 Å². The van der Waals surface area contributed by atoms with Crippen molar-refractivity contribution in [3.8, 4) is 22.7 Å². The molecule has 6 heteroatoms. The summed E-state index contributed by atoms with van der Waals surface area (Å²) in [6.07, 6.45) is 0. The van der Waals surface area contributed by atoms with Gasteiger partial charge in [-0.1, -0.05) is 24.3 Å². The van der Waals surface area contributed by atoms with E-state index in [2.05, 4.69) is 5.32 Å². The molecule has 0 atom stereocenters. The highest BCUT2D eigenvalue weighted by Crippen LogP contribution is 2.26. The maximum Gasteiger partial charge on any atom is 0.295 e. The SMILES string of the molecule is CCNc1ccccc1-n1nc(-c2cccc(OC)c2)cc(N(C)CC)c1=O. The van der Waals surface area contributed by atoms with Gasteiger partial charge in [-0.15, -0.1) is 0 Å². The van der Waals surface area contributed by atoms with E-state index in [1.165, 1.54) is 4.68 Å². The molecular weight excluding hydrogens is 352 g/mol. The summed E-state index contributed by atoms with van der Waals surface area (Å²) in [5.41, 5.74) is 3.64. The number of benzene rings is 2. The predicted molar refractivity (Wildman–Crippen MR) is 115 cm³/mol. The molecule has 0 aliphatic rings. The molecule has 3 aromatic rings. The lowest BCUT2D eigenvalue weighted by Crippen LogP contribution is -2.30. The molecule has 28 heavy (non-hydrogen) atoms. The van der Waals surface area contributed by atoms with Gasteiger partial charge in [0.2, 0.25) is 0 Å². The topological polar surface area (TPSA) is 59.4 Å². The van der Waals surface area contributed by atoms with E-state index in [0.717, 1.165) is 29.2 Å². The van der Waals surface area contributed by atoms with Crippen LogP contribution in [0.25, 0.3) is 16.9 Å². The van der Waals surface area contributed by atoms with Crippen LogP contribution < -0.4 is 20.5 Å². The fraction of sp³-hybridized carbons (Fsp3) is 0.273. The first-order valence-corrected chi connectivity index (χ1v) is 9.42. The van der Waals surface area contributed by atoms with Gasteiger partial charge >= 0.3 is 0 Å². The fourth-order valence-electron chi connectivity index (χ4n) is 3.01. The third-order valence-electron chi connectivity index (χ3n) is 4.64. The smallest absolute Gasteiger partial charge is 0.295 e. The van der Waals surface area contributed by atoms with E-state index in [1.54, 1.807) is 7.11 Å². The standard InChI is InChI=1S/C22H26N4O2/c1-5-23-18-12-7-8-13-20(18)26-22(27)21(25(3)6-2)15-19(24-26)16-10-9-11-17(14-16)28-4/h7-15,23H,5-6H2,1-4H3. The van der Waals surface area contributed by atoms with Gasteiger partial charge < -0.3 is 15.0 Å². The Bertz CT molecular complexity index is 1010. The molecule has 0 amide bonds. The van der Waals surface area contributed by atoms with Gasteiger partial charge in [0.1, 0.15) is 11.4 Å². The molecule has 2 aromatic carbocycles. The summed E-state index contributed by atoms with van der Waals surface area (Å²) in [5, 5.41) is 8.00. The Morgan fingerprint density at radius 1 is 1.11 bits per heavy atom. The molecule has 0 saturated carbocycles. The summed E-state index contributed by atoms with van der Waals surface area (Å²) in [6, 6.07) is 17.2. The van der Waals surface area contributed by atoms with Crippen molar-refractivity contribution in [3.05, 3.63) is 65.0 Å². The summed E-state index contributed by atoms with van der Waals surface area (Å²) in [4.78, 5) is 15.2. The molecule has 1 heterocycles. The van der Waals surface area contributed by atoms with Gasteiger partial charge in [0.15, 0.2) is 0 Å². The Hall–Kier alpha value is -3.28. The molecule has 0 spiro atoms. The Balaban J connectivity index is 2.26. The lowest BCUT2D eigenvalue weighted by Gasteiger charge is -2.20. The van der Waals surface area contributed by atoms with E-state index >= 15 is 0 Å².